The third kappa shape index (κ3) is 4.02. The van der Waals surface area contributed by atoms with Gasteiger partial charge in [0.25, 0.3) is 0 Å². The van der Waals surface area contributed by atoms with Crippen molar-refractivity contribution in [1.82, 2.24) is 24.6 Å². The van der Waals surface area contributed by atoms with E-state index in [4.69, 9.17) is 9.72 Å². The quantitative estimate of drug-likeness (QED) is 0.551. The van der Waals surface area contributed by atoms with Crippen LogP contribution < -0.4 is 5.32 Å². The van der Waals surface area contributed by atoms with Crippen molar-refractivity contribution in [1.29, 1.82) is 0 Å². The van der Waals surface area contributed by atoms with Crippen LogP contribution in [-0.4, -0.2) is 43.8 Å². The smallest absolute Gasteiger partial charge is 0.223 e. The Labute approximate surface area is 175 Å². The highest BCUT2D eigenvalue weighted by Gasteiger charge is 2.15. The van der Waals surface area contributed by atoms with Gasteiger partial charge in [0, 0.05) is 43.6 Å². The first-order valence-corrected chi connectivity index (χ1v) is 10.3. The lowest BCUT2D eigenvalue weighted by molar-refractivity contribution is 0.0903. The number of ether oxygens (including phenoxy) is 1. The fourth-order valence-electron chi connectivity index (χ4n) is 3.84. The molecule has 0 unspecified atom stereocenters. The number of pyridine rings is 1. The van der Waals surface area contributed by atoms with E-state index in [-0.39, 0.29) is 0 Å². The molecule has 0 bridgehead atoms. The summed E-state index contributed by atoms with van der Waals surface area (Å²) in [7, 11) is 0. The van der Waals surface area contributed by atoms with Crippen molar-refractivity contribution >= 4 is 11.6 Å². The molecule has 7 nitrogen and oxygen atoms in total. The molecule has 1 N–H and O–H groups in total. The molecule has 0 spiro atoms. The first kappa shape index (κ1) is 18.7. The molecule has 5 rings (SSSR count). The molecule has 4 aromatic rings. The molecule has 152 valence electrons. The molecule has 30 heavy (non-hydrogen) atoms. The maximum absolute atomic E-state index is 5.42. The van der Waals surface area contributed by atoms with Gasteiger partial charge >= 0.3 is 0 Å². The number of fused-ring (bicyclic) bond motifs is 1. The van der Waals surface area contributed by atoms with Crippen molar-refractivity contribution in [2.75, 3.05) is 18.5 Å². The van der Waals surface area contributed by atoms with Crippen LogP contribution in [0.5, 0.6) is 0 Å². The number of aryl methyl sites for hydroxylation is 1. The van der Waals surface area contributed by atoms with Crippen molar-refractivity contribution < 1.29 is 4.74 Å². The lowest BCUT2D eigenvalue weighted by Gasteiger charge is -2.23. The van der Waals surface area contributed by atoms with Gasteiger partial charge in [0.2, 0.25) is 5.95 Å². The number of nitrogens with one attached hydrogen (secondary N) is 1. The van der Waals surface area contributed by atoms with E-state index in [1.807, 2.05) is 22.7 Å². The highest BCUT2D eigenvalue weighted by atomic mass is 16.5. The molecule has 0 atom stereocenters. The summed E-state index contributed by atoms with van der Waals surface area (Å²) in [6.07, 6.45) is 6.51. The van der Waals surface area contributed by atoms with Crippen molar-refractivity contribution in [3.63, 3.8) is 0 Å². The molecule has 1 fully saturated rings. The second-order valence-corrected chi connectivity index (χ2v) is 7.72. The summed E-state index contributed by atoms with van der Waals surface area (Å²) < 4.78 is 7.46. The predicted octanol–water partition coefficient (Wildman–Crippen LogP) is 3.68. The largest absolute Gasteiger partial charge is 0.381 e. The van der Waals surface area contributed by atoms with E-state index in [1.165, 1.54) is 11.1 Å². The van der Waals surface area contributed by atoms with Crippen molar-refractivity contribution in [2.45, 2.75) is 32.2 Å². The van der Waals surface area contributed by atoms with Gasteiger partial charge in [0.15, 0.2) is 5.65 Å². The lowest BCUT2D eigenvalue weighted by atomic mass is 10.1. The number of anilines is 1. The summed E-state index contributed by atoms with van der Waals surface area (Å²) in [5.74, 6) is 1.58. The Morgan fingerprint density at radius 1 is 1.10 bits per heavy atom. The molecule has 7 heteroatoms. The third-order valence-corrected chi connectivity index (χ3v) is 5.43. The summed E-state index contributed by atoms with van der Waals surface area (Å²) in [5, 5.41) is 12.2. The van der Waals surface area contributed by atoms with Gasteiger partial charge in [-0.05, 0) is 43.5 Å². The van der Waals surface area contributed by atoms with Gasteiger partial charge in [-0.25, -0.2) is 9.97 Å². The van der Waals surface area contributed by atoms with Crippen LogP contribution in [0.2, 0.25) is 0 Å². The molecule has 1 aliphatic rings. The minimum atomic E-state index is 0.358. The number of hydrogen-bond acceptors (Lipinski definition) is 6. The zero-order valence-corrected chi connectivity index (χ0v) is 17.0. The highest BCUT2D eigenvalue weighted by molar-refractivity contribution is 5.64. The van der Waals surface area contributed by atoms with E-state index in [1.54, 1.807) is 6.20 Å². The van der Waals surface area contributed by atoms with Crippen molar-refractivity contribution in [2.24, 2.45) is 0 Å². The van der Waals surface area contributed by atoms with Crippen molar-refractivity contribution in [3.8, 4) is 11.3 Å². The van der Waals surface area contributed by atoms with Gasteiger partial charge in [-0.3, -0.25) is 4.40 Å². The Balaban J connectivity index is 1.38. The number of aromatic nitrogens is 5. The number of rotatable bonds is 5. The first-order valence-electron chi connectivity index (χ1n) is 10.3. The van der Waals surface area contributed by atoms with Crippen LogP contribution in [0.25, 0.3) is 16.9 Å². The van der Waals surface area contributed by atoms with E-state index in [0.29, 0.717) is 12.0 Å². The van der Waals surface area contributed by atoms with Gasteiger partial charge in [-0.2, -0.15) is 0 Å². The third-order valence-electron chi connectivity index (χ3n) is 5.43. The van der Waals surface area contributed by atoms with Gasteiger partial charge < -0.3 is 10.1 Å². The molecule has 1 aromatic carbocycles. The zero-order chi connectivity index (χ0) is 20.3. The van der Waals surface area contributed by atoms with Gasteiger partial charge in [-0.1, -0.05) is 29.8 Å². The average Bonchev–Trinajstić information content (AvgIpc) is 3.17. The second-order valence-electron chi connectivity index (χ2n) is 7.72. The normalized spacial score (nSPS) is 14.8. The Bertz CT molecular complexity index is 1170. The number of nitrogens with zero attached hydrogens (tertiary/aromatic N) is 5. The van der Waals surface area contributed by atoms with Crippen LogP contribution in [0.1, 0.15) is 29.8 Å². The average molecular weight is 400 g/mol. The van der Waals surface area contributed by atoms with Crippen LogP contribution in [0.3, 0.4) is 0 Å². The summed E-state index contributed by atoms with van der Waals surface area (Å²) >= 11 is 0. The van der Waals surface area contributed by atoms with E-state index in [9.17, 15) is 0 Å². The van der Waals surface area contributed by atoms with Crippen LogP contribution in [0.4, 0.5) is 5.95 Å². The minimum Gasteiger partial charge on any atom is -0.381 e. The van der Waals surface area contributed by atoms with E-state index in [2.05, 4.69) is 57.8 Å². The maximum atomic E-state index is 5.42. The molecule has 1 saturated heterocycles. The molecular formula is C23H24N6O. The standard InChI is InChI=1S/C23H24N6O/c1-16-3-2-4-17(13-16)14-21-27-28-22-15-18(6-10-29(21)22)20-5-9-24-23(26-20)25-19-7-11-30-12-8-19/h2-6,9-10,13,15,19H,7-8,11-12,14H2,1H3,(H,24,25,26). The Morgan fingerprint density at radius 3 is 2.87 bits per heavy atom. The van der Waals surface area contributed by atoms with Crippen molar-refractivity contribution in [3.05, 3.63) is 71.8 Å². The van der Waals surface area contributed by atoms with Gasteiger partial charge in [-0.15, -0.1) is 10.2 Å². The Hall–Kier alpha value is -3.32. The van der Waals surface area contributed by atoms with Crippen LogP contribution in [0, 0.1) is 6.92 Å². The Morgan fingerprint density at radius 2 is 2.00 bits per heavy atom. The molecule has 4 heterocycles. The Kier molecular flexibility index (Phi) is 5.11. The molecule has 3 aromatic heterocycles. The van der Waals surface area contributed by atoms with E-state index < -0.39 is 0 Å². The monoisotopic (exact) mass is 400 g/mol. The fourth-order valence-corrected chi connectivity index (χ4v) is 3.84. The fraction of sp³-hybridized carbons (Fsp3) is 0.304. The molecule has 0 aliphatic carbocycles. The number of hydrogen-bond donors (Lipinski definition) is 1. The van der Waals surface area contributed by atoms with Crippen LogP contribution in [0.15, 0.2) is 54.9 Å². The molecule has 0 amide bonds. The van der Waals surface area contributed by atoms with Gasteiger partial charge in [0.05, 0.1) is 5.69 Å². The maximum Gasteiger partial charge on any atom is 0.223 e. The van der Waals surface area contributed by atoms with Gasteiger partial charge in [0.1, 0.15) is 5.82 Å². The van der Waals surface area contributed by atoms with Crippen LogP contribution in [-0.2, 0) is 11.2 Å². The summed E-state index contributed by atoms with van der Waals surface area (Å²) in [4.78, 5) is 9.09. The topological polar surface area (TPSA) is 77.2 Å². The first-order chi connectivity index (χ1) is 14.7. The summed E-state index contributed by atoms with van der Waals surface area (Å²) in [6, 6.07) is 14.8. The highest BCUT2D eigenvalue weighted by Crippen LogP contribution is 2.21. The molecule has 0 radical (unpaired) electrons. The number of benzene rings is 1. The molecule has 1 aliphatic heterocycles. The van der Waals surface area contributed by atoms with E-state index in [0.717, 1.165) is 55.2 Å². The predicted molar refractivity (Wildman–Crippen MR) is 115 cm³/mol. The van der Waals surface area contributed by atoms with E-state index >= 15 is 0 Å². The summed E-state index contributed by atoms with van der Waals surface area (Å²) in [6.45, 7) is 3.67. The lowest BCUT2D eigenvalue weighted by Crippen LogP contribution is -2.28. The SMILES string of the molecule is Cc1cccc(Cc2nnc3cc(-c4ccnc(NC5CCOCC5)n4)ccn23)c1. The minimum absolute atomic E-state index is 0.358. The zero-order valence-electron chi connectivity index (χ0n) is 17.0. The molecule has 0 saturated carbocycles. The molecular weight excluding hydrogens is 376 g/mol. The summed E-state index contributed by atoms with van der Waals surface area (Å²) in [5.41, 5.74) is 5.15. The second kappa shape index (κ2) is 8.20. The van der Waals surface area contributed by atoms with Crippen LogP contribution >= 0.6 is 0 Å².